The van der Waals surface area contributed by atoms with Crippen molar-refractivity contribution in [2.75, 3.05) is 13.2 Å². The Bertz CT molecular complexity index is 385. The summed E-state index contributed by atoms with van der Waals surface area (Å²) in [5.41, 5.74) is 0.874. The van der Waals surface area contributed by atoms with Gasteiger partial charge in [0.2, 0.25) is 0 Å². The lowest BCUT2D eigenvalue weighted by Gasteiger charge is -2.19. The Kier molecular flexibility index (Phi) is 3.78. The first-order valence-corrected chi connectivity index (χ1v) is 6.01. The highest BCUT2D eigenvalue weighted by atomic mass is 16.5. The zero-order valence-electron chi connectivity index (χ0n) is 10.3. The molecule has 2 rings (SSSR count). The molecule has 1 heterocycles. The van der Waals surface area contributed by atoms with Crippen LogP contribution < -0.4 is 0 Å². The van der Waals surface area contributed by atoms with E-state index in [0.29, 0.717) is 25.7 Å². The lowest BCUT2D eigenvalue weighted by atomic mass is 10.3. The molecule has 1 aliphatic rings. The monoisotopic (exact) mass is 238 g/mol. The Morgan fingerprint density at radius 3 is 2.94 bits per heavy atom. The Hall–Kier alpha value is -1.36. The molecule has 5 nitrogen and oxygen atoms in total. The van der Waals surface area contributed by atoms with E-state index < -0.39 is 0 Å². The Labute approximate surface area is 101 Å². The molecule has 1 aromatic rings. The van der Waals surface area contributed by atoms with Crippen LogP contribution in [0.5, 0.6) is 0 Å². The second-order valence-electron chi connectivity index (χ2n) is 4.37. The minimum Gasteiger partial charge on any atom is -0.465 e. The average molecular weight is 238 g/mol. The standard InChI is InChI=1S/C12H18N2O3/c1-3-16-12(15)8-14(11-4-5-11)7-10-6-9(2)17-13-10/h6,11H,3-5,7-8H2,1-2H3. The molecule has 1 aliphatic carbocycles. The van der Waals surface area contributed by atoms with Crippen molar-refractivity contribution in [3.05, 3.63) is 17.5 Å². The van der Waals surface area contributed by atoms with Crippen molar-refractivity contribution in [1.29, 1.82) is 0 Å². The van der Waals surface area contributed by atoms with Gasteiger partial charge in [-0.1, -0.05) is 5.16 Å². The molecule has 0 N–H and O–H groups in total. The minimum atomic E-state index is -0.167. The third-order valence-corrected chi connectivity index (χ3v) is 2.74. The Morgan fingerprint density at radius 2 is 2.41 bits per heavy atom. The van der Waals surface area contributed by atoms with Gasteiger partial charge in [0.05, 0.1) is 18.8 Å². The summed E-state index contributed by atoms with van der Waals surface area (Å²) < 4.78 is 9.99. The highest BCUT2D eigenvalue weighted by Crippen LogP contribution is 2.28. The fourth-order valence-corrected chi connectivity index (χ4v) is 1.83. The minimum absolute atomic E-state index is 0.167. The number of aromatic nitrogens is 1. The number of hydrogen-bond donors (Lipinski definition) is 0. The van der Waals surface area contributed by atoms with E-state index in [0.717, 1.165) is 24.3 Å². The van der Waals surface area contributed by atoms with E-state index in [-0.39, 0.29) is 5.97 Å². The van der Waals surface area contributed by atoms with Crippen molar-refractivity contribution in [3.63, 3.8) is 0 Å². The second kappa shape index (κ2) is 5.31. The van der Waals surface area contributed by atoms with Crippen molar-refractivity contribution in [3.8, 4) is 0 Å². The number of aryl methyl sites for hydroxylation is 1. The maximum Gasteiger partial charge on any atom is 0.320 e. The van der Waals surface area contributed by atoms with Crippen LogP contribution in [0, 0.1) is 6.92 Å². The molecule has 0 radical (unpaired) electrons. The van der Waals surface area contributed by atoms with Gasteiger partial charge in [0.1, 0.15) is 5.76 Å². The SMILES string of the molecule is CCOC(=O)CN(Cc1cc(C)on1)C1CC1. The number of esters is 1. The van der Waals surface area contributed by atoms with E-state index in [2.05, 4.69) is 10.1 Å². The van der Waals surface area contributed by atoms with Crippen LogP contribution in [-0.4, -0.2) is 35.2 Å². The van der Waals surface area contributed by atoms with Crippen molar-refractivity contribution >= 4 is 5.97 Å². The maximum absolute atomic E-state index is 11.5. The van der Waals surface area contributed by atoms with Crippen LogP contribution in [0.15, 0.2) is 10.6 Å². The van der Waals surface area contributed by atoms with Crippen LogP contribution in [-0.2, 0) is 16.1 Å². The highest BCUT2D eigenvalue weighted by Gasteiger charge is 2.31. The van der Waals surface area contributed by atoms with Crippen molar-refractivity contribution < 1.29 is 14.1 Å². The predicted molar refractivity (Wildman–Crippen MR) is 61.3 cm³/mol. The molecule has 1 fully saturated rings. The van der Waals surface area contributed by atoms with Gasteiger partial charge in [0, 0.05) is 18.7 Å². The summed E-state index contributed by atoms with van der Waals surface area (Å²) in [7, 11) is 0. The molecule has 94 valence electrons. The van der Waals surface area contributed by atoms with E-state index in [1.807, 2.05) is 19.9 Å². The number of nitrogens with zero attached hydrogens (tertiary/aromatic N) is 2. The van der Waals surface area contributed by atoms with Crippen LogP contribution in [0.2, 0.25) is 0 Å². The molecule has 0 aliphatic heterocycles. The van der Waals surface area contributed by atoms with E-state index in [9.17, 15) is 4.79 Å². The molecule has 0 unspecified atom stereocenters. The van der Waals surface area contributed by atoms with Crippen LogP contribution >= 0.6 is 0 Å². The summed E-state index contributed by atoms with van der Waals surface area (Å²) in [6.07, 6.45) is 2.30. The third kappa shape index (κ3) is 3.56. The summed E-state index contributed by atoms with van der Waals surface area (Å²) in [6.45, 7) is 5.11. The second-order valence-corrected chi connectivity index (χ2v) is 4.37. The van der Waals surface area contributed by atoms with Gasteiger partial charge in [-0.15, -0.1) is 0 Å². The van der Waals surface area contributed by atoms with Gasteiger partial charge in [-0.25, -0.2) is 0 Å². The van der Waals surface area contributed by atoms with Gasteiger partial charge in [-0.05, 0) is 26.7 Å². The van der Waals surface area contributed by atoms with Crippen molar-refractivity contribution in [2.24, 2.45) is 0 Å². The summed E-state index contributed by atoms with van der Waals surface area (Å²) in [4.78, 5) is 13.6. The average Bonchev–Trinajstić information content (AvgIpc) is 3.03. The zero-order valence-corrected chi connectivity index (χ0v) is 10.3. The number of carbonyl (C=O) groups is 1. The summed E-state index contributed by atoms with van der Waals surface area (Å²) in [6, 6.07) is 2.40. The first-order chi connectivity index (χ1) is 8.19. The van der Waals surface area contributed by atoms with E-state index in [1.165, 1.54) is 0 Å². The molecule has 5 heteroatoms. The number of carbonyl (C=O) groups excluding carboxylic acids is 1. The van der Waals surface area contributed by atoms with Gasteiger partial charge in [-0.3, -0.25) is 9.69 Å². The van der Waals surface area contributed by atoms with Gasteiger partial charge in [-0.2, -0.15) is 0 Å². The summed E-state index contributed by atoms with van der Waals surface area (Å²) in [5.74, 6) is 0.631. The van der Waals surface area contributed by atoms with Crippen molar-refractivity contribution in [2.45, 2.75) is 39.3 Å². The molecule has 0 atom stereocenters. The lowest BCUT2D eigenvalue weighted by Crippen LogP contribution is -2.32. The Morgan fingerprint density at radius 1 is 1.65 bits per heavy atom. The van der Waals surface area contributed by atoms with Crippen LogP contribution in [0.4, 0.5) is 0 Å². The molecule has 0 aromatic carbocycles. The molecule has 0 saturated heterocycles. The number of rotatable bonds is 6. The zero-order chi connectivity index (χ0) is 12.3. The summed E-state index contributed by atoms with van der Waals surface area (Å²) in [5, 5.41) is 3.95. The van der Waals surface area contributed by atoms with Gasteiger partial charge in [0.15, 0.2) is 0 Å². The predicted octanol–water partition coefficient (Wildman–Crippen LogP) is 1.51. The van der Waals surface area contributed by atoms with E-state index in [4.69, 9.17) is 9.26 Å². The van der Waals surface area contributed by atoms with Crippen LogP contribution in [0.25, 0.3) is 0 Å². The first kappa shape index (κ1) is 12.1. The van der Waals surface area contributed by atoms with Crippen LogP contribution in [0.1, 0.15) is 31.2 Å². The van der Waals surface area contributed by atoms with Crippen molar-refractivity contribution in [1.82, 2.24) is 10.1 Å². The molecule has 1 saturated carbocycles. The molecule has 0 amide bonds. The molecule has 0 spiro atoms. The van der Waals surface area contributed by atoms with Gasteiger partial charge in [0.25, 0.3) is 0 Å². The topological polar surface area (TPSA) is 55.6 Å². The smallest absolute Gasteiger partial charge is 0.320 e. The quantitative estimate of drug-likeness (QED) is 0.703. The van der Waals surface area contributed by atoms with Gasteiger partial charge >= 0.3 is 5.97 Å². The largest absolute Gasteiger partial charge is 0.465 e. The van der Waals surface area contributed by atoms with E-state index in [1.54, 1.807) is 0 Å². The molecule has 1 aromatic heterocycles. The molecule has 17 heavy (non-hydrogen) atoms. The fraction of sp³-hybridized carbons (Fsp3) is 0.667. The normalized spacial score (nSPS) is 15.2. The molecular weight excluding hydrogens is 220 g/mol. The number of ether oxygens (including phenoxy) is 1. The third-order valence-electron chi connectivity index (χ3n) is 2.74. The molecular formula is C12H18N2O3. The first-order valence-electron chi connectivity index (χ1n) is 6.01. The number of hydrogen-bond acceptors (Lipinski definition) is 5. The fourth-order valence-electron chi connectivity index (χ4n) is 1.83. The lowest BCUT2D eigenvalue weighted by molar-refractivity contribution is -0.144. The maximum atomic E-state index is 11.5. The van der Waals surface area contributed by atoms with Gasteiger partial charge < -0.3 is 9.26 Å². The Balaban J connectivity index is 1.91. The van der Waals surface area contributed by atoms with Crippen LogP contribution in [0.3, 0.4) is 0 Å². The highest BCUT2D eigenvalue weighted by molar-refractivity contribution is 5.71. The van der Waals surface area contributed by atoms with E-state index >= 15 is 0 Å². The summed E-state index contributed by atoms with van der Waals surface area (Å²) >= 11 is 0. The molecule has 0 bridgehead atoms.